The Hall–Kier alpha value is -1.47. The van der Waals surface area contributed by atoms with Gasteiger partial charge in [0.1, 0.15) is 6.33 Å². The maximum atomic E-state index is 11.4. The van der Waals surface area contributed by atoms with Crippen LogP contribution in [-0.4, -0.2) is 45.7 Å². The Labute approximate surface area is 86.5 Å². The number of aromatic nitrogens is 3. The summed E-state index contributed by atoms with van der Waals surface area (Å²) in [6.07, 6.45) is 1.42. The van der Waals surface area contributed by atoms with Crippen LogP contribution in [0, 0.1) is 0 Å². The lowest BCUT2D eigenvalue weighted by molar-refractivity contribution is 0.0224. The second kappa shape index (κ2) is 4.37. The van der Waals surface area contributed by atoms with Crippen molar-refractivity contribution in [3.8, 4) is 0 Å². The van der Waals surface area contributed by atoms with Gasteiger partial charge < -0.3 is 10.5 Å². The van der Waals surface area contributed by atoms with Gasteiger partial charge in [0, 0.05) is 13.1 Å². The first-order valence-electron chi connectivity index (χ1n) is 4.75. The van der Waals surface area contributed by atoms with Gasteiger partial charge in [-0.1, -0.05) is 0 Å². The molecule has 1 aliphatic heterocycles. The van der Waals surface area contributed by atoms with E-state index in [0.29, 0.717) is 19.9 Å². The highest BCUT2D eigenvalue weighted by Gasteiger charge is 2.11. The van der Waals surface area contributed by atoms with Crippen LogP contribution in [0.2, 0.25) is 0 Å². The summed E-state index contributed by atoms with van der Waals surface area (Å²) < 4.78 is 6.64. The summed E-state index contributed by atoms with van der Waals surface area (Å²) in [5, 5.41) is 0. The number of nitrogens with zero attached hydrogens (tertiary/aromatic N) is 4. The summed E-state index contributed by atoms with van der Waals surface area (Å²) in [5.74, 6) is 0.0122. The summed E-state index contributed by atoms with van der Waals surface area (Å²) in [4.78, 5) is 20.8. The molecule has 1 aliphatic rings. The molecule has 0 unspecified atom stereocenters. The topological polar surface area (TPSA) is 86.3 Å². The first-order chi connectivity index (χ1) is 7.25. The number of ether oxygens (including phenoxy) is 1. The third kappa shape index (κ3) is 2.51. The van der Waals surface area contributed by atoms with E-state index in [9.17, 15) is 4.79 Å². The summed E-state index contributed by atoms with van der Waals surface area (Å²) in [5.41, 5.74) is 4.92. The van der Waals surface area contributed by atoms with Gasteiger partial charge in [-0.3, -0.25) is 9.47 Å². The number of hydrogen-bond donors (Lipinski definition) is 1. The normalized spacial score (nSPS) is 17.9. The molecule has 0 spiro atoms. The van der Waals surface area contributed by atoms with E-state index in [0.717, 1.165) is 13.1 Å². The van der Waals surface area contributed by atoms with E-state index >= 15 is 0 Å². The summed E-state index contributed by atoms with van der Waals surface area (Å²) in [6, 6.07) is 0. The van der Waals surface area contributed by atoms with Crippen molar-refractivity contribution in [2.45, 2.75) is 6.67 Å². The molecule has 1 aromatic heterocycles. The minimum atomic E-state index is -0.367. The highest BCUT2D eigenvalue weighted by Crippen LogP contribution is 1.97. The Kier molecular flexibility index (Phi) is 2.93. The highest BCUT2D eigenvalue weighted by atomic mass is 16.5. The molecule has 0 saturated carbocycles. The molecule has 0 amide bonds. The van der Waals surface area contributed by atoms with Crippen molar-refractivity contribution in [1.82, 2.24) is 19.4 Å². The molecule has 15 heavy (non-hydrogen) atoms. The minimum absolute atomic E-state index is 0.0122. The van der Waals surface area contributed by atoms with Crippen LogP contribution in [0.15, 0.2) is 11.1 Å². The lowest BCUT2D eigenvalue weighted by atomic mass is 10.4. The fraction of sp³-hybridized carbons (Fsp3) is 0.625. The van der Waals surface area contributed by atoms with Gasteiger partial charge in [-0.05, 0) is 0 Å². The monoisotopic (exact) mass is 211 g/mol. The first-order valence-corrected chi connectivity index (χ1v) is 4.75. The average Bonchev–Trinajstić information content (AvgIpc) is 2.24. The Morgan fingerprint density at radius 1 is 1.47 bits per heavy atom. The van der Waals surface area contributed by atoms with Crippen molar-refractivity contribution < 1.29 is 4.74 Å². The lowest BCUT2D eigenvalue weighted by Crippen LogP contribution is -2.40. The molecule has 0 atom stereocenters. The Balaban J connectivity index is 2.06. The van der Waals surface area contributed by atoms with Gasteiger partial charge in [0.2, 0.25) is 5.95 Å². The van der Waals surface area contributed by atoms with Gasteiger partial charge in [-0.15, -0.1) is 0 Å². The first kappa shape index (κ1) is 10.1. The fourth-order valence-corrected chi connectivity index (χ4v) is 1.42. The van der Waals surface area contributed by atoms with Crippen LogP contribution in [0.25, 0.3) is 0 Å². The van der Waals surface area contributed by atoms with Crippen molar-refractivity contribution in [3.63, 3.8) is 0 Å². The smallest absolute Gasteiger partial charge is 0.353 e. The van der Waals surface area contributed by atoms with Crippen LogP contribution in [0.1, 0.15) is 0 Å². The van der Waals surface area contributed by atoms with Crippen LogP contribution < -0.4 is 11.4 Å². The molecule has 0 aliphatic carbocycles. The van der Waals surface area contributed by atoms with E-state index in [1.165, 1.54) is 10.9 Å². The molecule has 1 fully saturated rings. The van der Waals surface area contributed by atoms with E-state index in [4.69, 9.17) is 10.5 Å². The van der Waals surface area contributed by atoms with Crippen LogP contribution >= 0.6 is 0 Å². The zero-order valence-electron chi connectivity index (χ0n) is 8.30. The number of hydrogen-bond acceptors (Lipinski definition) is 6. The van der Waals surface area contributed by atoms with E-state index < -0.39 is 0 Å². The van der Waals surface area contributed by atoms with Crippen molar-refractivity contribution in [1.29, 1.82) is 0 Å². The second-order valence-corrected chi connectivity index (χ2v) is 3.34. The van der Waals surface area contributed by atoms with Crippen LogP contribution in [0.5, 0.6) is 0 Å². The highest BCUT2D eigenvalue weighted by molar-refractivity contribution is 5.09. The quantitative estimate of drug-likeness (QED) is 0.641. The van der Waals surface area contributed by atoms with E-state index in [-0.39, 0.29) is 11.6 Å². The van der Waals surface area contributed by atoms with E-state index in [1.54, 1.807) is 0 Å². The number of nitrogens with two attached hydrogens (primary N) is 1. The Morgan fingerprint density at radius 2 is 2.20 bits per heavy atom. The third-order valence-corrected chi connectivity index (χ3v) is 2.24. The SMILES string of the molecule is Nc1ncn(CN2CCOCC2)c(=O)n1. The van der Waals surface area contributed by atoms with Gasteiger partial charge in [-0.2, -0.15) is 4.98 Å². The molecule has 0 bridgehead atoms. The lowest BCUT2D eigenvalue weighted by Gasteiger charge is -2.26. The zero-order chi connectivity index (χ0) is 10.7. The van der Waals surface area contributed by atoms with E-state index in [2.05, 4.69) is 14.9 Å². The van der Waals surface area contributed by atoms with Crippen LogP contribution in [0.4, 0.5) is 5.95 Å². The van der Waals surface area contributed by atoms with Crippen molar-refractivity contribution >= 4 is 5.95 Å². The van der Waals surface area contributed by atoms with Crippen molar-refractivity contribution in [2.75, 3.05) is 32.0 Å². The largest absolute Gasteiger partial charge is 0.379 e. The Morgan fingerprint density at radius 3 is 2.87 bits per heavy atom. The predicted octanol–water partition coefficient (Wildman–Crippen LogP) is -1.49. The molecule has 1 saturated heterocycles. The van der Waals surface area contributed by atoms with Crippen LogP contribution in [-0.2, 0) is 11.4 Å². The summed E-state index contributed by atoms with van der Waals surface area (Å²) in [6.45, 7) is 3.52. The molecule has 82 valence electrons. The molecular formula is C8H13N5O2. The zero-order valence-corrected chi connectivity index (χ0v) is 8.30. The molecular weight excluding hydrogens is 198 g/mol. The van der Waals surface area contributed by atoms with E-state index in [1.807, 2.05) is 0 Å². The van der Waals surface area contributed by atoms with Gasteiger partial charge >= 0.3 is 5.69 Å². The standard InChI is InChI=1S/C8H13N5O2/c9-7-10-5-13(8(14)11-7)6-12-1-3-15-4-2-12/h5H,1-4,6H2,(H2,9,11,14). The fourth-order valence-electron chi connectivity index (χ4n) is 1.42. The maximum absolute atomic E-state index is 11.4. The second-order valence-electron chi connectivity index (χ2n) is 3.34. The van der Waals surface area contributed by atoms with Gasteiger partial charge in [-0.25, -0.2) is 9.78 Å². The molecule has 2 rings (SSSR count). The van der Waals surface area contributed by atoms with Crippen molar-refractivity contribution in [3.05, 3.63) is 16.8 Å². The minimum Gasteiger partial charge on any atom is -0.379 e. The molecule has 2 heterocycles. The number of anilines is 1. The Bertz CT molecular complexity index is 385. The van der Waals surface area contributed by atoms with Gasteiger partial charge in [0.05, 0.1) is 19.9 Å². The molecule has 0 radical (unpaired) electrons. The van der Waals surface area contributed by atoms with Gasteiger partial charge in [0.15, 0.2) is 0 Å². The molecule has 0 aromatic carbocycles. The predicted molar refractivity (Wildman–Crippen MR) is 53.1 cm³/mol. The number of rotatable bonds is 2. The van der Waals surface area contributed by atoms with Gasteiger partial charge in [0.25, 0.3) is 0 Å². The summed E-state index contributed by atoms with van der Waals surface area (Å²) in [7, 11) is 0. The average molecular weight is 211 g/mol. The number of nitrogen functional groups attached to an aromatic ring is 1. The molecule has 7 heteroatoms. The molecule has 2 N–H and O–H groups in total. The van der Waals surface area contributed by atoms with Crippen LogP contribution in [0.3, 0.4) is 0 Å². The number of morpholine rings is 1. The van der Waals surface area contributed by atoms with Crippen molar-refractivity contribution in [2.24, 2.45) is 0 Å². The molecule has 1 aromatic rings. The summed E-state index contributed by atoms with van der Waals surface area (Å²) >= 11 is 0. The third-order valence-electron chi connectivity index (χ3n) is 2.24. The molecule has 7 nitrogen and oxygen atoms in total. The maximum Gasteiger partial charge on any atom is 0.353 e.